The van der Waals surface area contributed by atoms with E-state index in [2.05, 4.69) is 39.9 Å². The maximum atomic E-state index is 12.8. The number of hydrogen-bond donors (Lipinski definition) is 1. The van der Waals surface area contributed by atoms with Gasteiger partial charge in [0.2, 0.25) is 0 Å². The molecule has 1 heterocycles. The lowest BCUT2D eigenvalue weighted by molar-refractivity contribution is -0.137. The number of fused-ring (bicyclic) bond motifs is 1. The van der Waals surface area contributed by atoms with Crippen LogP contribution in [0.5, 0.6) is 11.5 Å². The van der Waals surface area contributed by atoms with Gasteiger partial charge in [-0.25, -0.2) is 4.79 Å². The summed E-state index contributed by atoms with van der Waals surface area (Å²) < 4.78 is 18.0. The maximum absolute atomic E-state index is 12.8. The topological polar surface area (TPSA) is 82.1 Å². The van der Waals surface area contributed by atoms with Crippen LogP contribution in [0.2, 0.25) is 18.1 Å². The molecule has 1 aliphatic heterocycles. The van der Waals surface area contributed by atoms with Crippen molar-refractivity contribution in [1.82, 2.24) is 0 Å². The number of carboxylic acids is 1. The van der Waals surface area contributed by atoms with Crippen LogP contribution in [0.3, 0.4) is 0 Å². The van der Waals surface area contributed by atoms with Gasteiger partial charge >= 0.3 is 11.9 Å². The Hall–Kier alpha value is -2.28. The third-order valence-electron chi connectivity index (χ3n) is 7.32. The summed E-state index contributed by atoms with van der Waals surface area (Å²) in [5, 5.41) is 9.22. The van der Waals surface area contributed by atoms with Crippen molar-refractivity contribution in [2.24, 2.45) is 5.92 Å². The first-order chi connectivity index (χ1) is 14.9. The zero-order chi connectivity index (χ0) is 23.8. The summed E-state index contributed by atoms with van der Waals surface area (Å²) in [7, 11) is -0.619. The van der Waals surface area contributed by atoms with Crippen LogP contribution < -0.4 is 9.16 Å². The number of esters is 1. The molecule has 0 aromatic heterocycles. The molecule has 0 amide bonds. The Balaban J connectivity index is 2.13. The molecule has 1 unspecified atom stereocenters. The van der Waals surface area contributed by atoms with E-state index in [-0.39, 0.29) is 30.0 Å². The second-order valence-corrected chi connectivity index (χ2v) is 15.2. The van der Waals surface area contributed by atoms with Crippen molar-refractivity contribution in [3.8, 4) is 11.5 Å². The van der Waals surface area contributed by atoms with Crippen LogP contribution in [0, 0.1) is 12.8 Å². The third kappa shape index (κ3) is 4.58. The smallest absolute Gasteiger partial charge is 0.342 e. The molecule has 1 saturated carbocycles. The van der Waals surface area contributed by atoms with Crippen LogP contribution in [0.4, 0.5) is 0 Å². The minimum atomic E-state index is -2.26. The first kappa shape index (κ1) is 24.4. The van der Waals surface area contributed by atoms with Gasteiger partial charge in [0, 0.05) is 11.1 Å². The highest BCUT2D eigenvalue weighted by Gasteiger charge is 2.42. The molecule has 7 heteroatoms. The number of carboxylic acid groups (broad SMARTS) is 1. The van der Waals surface area contributed by atoms with E-state index in [1.54, 1.807) is 7.11 Å². The van der Waals surface area contributed by atoms with Gasteiger partial charge in [-0.2, -0.15) is 0 Å². The van der Waals surface area contributed by atoms with Crippen LogP contribution in [0.15, 0.2) is 11.6 Å². The molecule has 2 aliphatic rings. The van der Waals surface area contributed by atoms with Crippen LogP contribution >= 0.6 is 0 Å². The van der Waals surface area contributed by atoms with Crippen molar-refractivity contribution in [3.05, 3.63) is 33.9 Å². The molecular formula is C25H36O6Si. The van der Waals surface area contributed by atoms with E-state index in [1.807, 2.05) is 6.92 Å². The molecule has 0 spiro atoms. The molecule has 6 nitrogen and oxygen atoms in total. The van der Waals surface area contributed by atoms with Gasteiger partial charge < -0.3 is 19.0 Å². The summed E-state index contributed by atoms with van der Waals surface area (Å²) in [5.41, 5.74) is 4.28. The normalized spacial score (nSPS) is 19.8. The molecule has 1 atom stereocenters. The van der Waals surface area contributed by atoms with Gasteiger partial charge in [0.25, 0.3) is 8.32 Å². The lowest BCUT2D eigenvalue weighted by Crippen LogP contribution is -2.44. The fourth-order valence-electron chi connectivity index (χ4n) is 4.42. The van der Waals surface area contributed by atoms with E-state index in [1.165, 1.54) is 5.57 Å². The third-order valence-corrected chi connectivity index (χ3v) is 11.6. The van der Waals surface area contributed by atoms with E-state index >= 15 is 0 Å². The molecule has 176 valence electrons. The van der Waals surface area contributed by atoms with Crippen molar-refractivity contribution >= 4 is 20.3 Å². The Bertz CT molecular complexity index is 954. The van der Waals surface area contributed by atoms with E-state index < -0.39 is 14.3 Å². The molecule has 1 aliphatic carbocycles. The Morgan fingerprint density at radius 2 is 1.97 bits per heavy atom. The summed E-state index contributed by atoms with van der Waals surface area (Å²) in [6, 6.07) is 0. The fourth-order valence-corrected chi connectivity index (χ4v) is 5.46. The molecule has 1 fully saturated rings. The van der Waals surface area contributed by atoms with Gasteiger partial charge in [-0.1, -0.05) is 32.4 Å². The van der Waals surface area contributed by atoms with E-state index in [4.69, 9.17) is 13.9 Å². The van der Waals surface area contributed by atoms with Gasteiger partial charge in [0.05, 0.1) is 13.5 Å². The Kier molecular flexibility index (Phi) is 6.79. The first-order valence-electron chi connectivity index (χ1n) is 11.4. The van der Waals surface area contributed by atoms with Crippen molar-refractivity contribution in [2.75, 3.05) is 7.11 Å². The quantitative estimate of drug-likeness (QED) is 0.314. The highest BCUT2D eigenvalue weighted by molar-refractivity contribution is 6.74. The lowest BCUT2D eigenvalue weighted by atomic mass is 9.93. The number of allylic oxidation sites excluding steroid dienone is 2. The van der Waals surface area contributed by atoms with Crippen molar-refractivity contribution in [3.63, 3.8) is 0 Å². The Labute approximate surface area is 192 Å². The zero-order valence-corrected chi connectivity index (χ0v) is 21.4. The molecule has 1 aromatic rings. The van der Waals surface area contributed by atoms with E-state index in [9.17, 15) is 14.7 Å². The predicted molar refractivity (Wildman–Crippen MR) is 126 cm³/mol. The van der Waals surface area contributed by atoms with Crippen LogP contribution in [-0.2, 0) is 22.6 Å². The predicted octanol–water partition coefficient (Wildman–Crippen LogP) is 5.80. The number of carbonyl (C=O) groups is 2. The van der Waals surface area contributed by atoms with Gasteiger partial charge in [-0.15, -0.1) is 0 Å². The number of methoxy groups -OCH3 is 1. The zero-order valence-electron chi connectivity index (χ0n) is 20.4. The number of aliphatic carboxylic acids is 1. The largest absolute Gasteiger partial charge is 0.543 e. The summed E-state index contributed by atoms with van der Waals surface area (Å²) in [5.74, 6) is 0.266. The molecule has 0 bridgehead atoms. The highest BCUT2D eigenvalue weighted by Crippen LogP contribution is 2.47. The van der Waals surface area contributed by atoms with Crippen LogP contribution in [0.25, 0.3) is 0 Å². The summed E-state index contributed by atoms with van der Waals surface area (Å²) in [6.07, 6.45) is 5.63. The van der Waals surface area contributed by atoms with Crippen molar-refractivity contribution < 1.29 is 28.6 Å². The van der Waals surface area contributed by atoms with Crippen molar-refractivity contribution in [2.45, 2.75) is 84.5 Å². The molecule has 0 saturated heterocycles. The number of cyclic esters (lactones) is 1. The molecule has 1 N–H and O–H groups in total. The first-order valence-corrected chi connectivity index (χ1v) is 14.3. The molecule has 0 radical (unpaired) electrons. The van der Waals surface area contributed by atoms with Gasteiger partial charge in [-0.05, 0) is 62.2 Å². The second-order valence-electron chi connectivity index (χ2n) is 10.4. The maximum Gasteiger partial charge on any atom is 0.342 e. The molecule has 32 heavy (non-hydrogen) atoms. The van der Waals surface area contributed by atoms with E-state index in [0.717, 1.165) is 41.7 Å². The summed E-state index contributed by atoms with van der Waals surface area (Å²) in [6.45, 7) is 13.0. The highest BCUT2D eigenvalue weighted by atomic mass is 28.4. The second kappa shape index (κ2) is 8.93. The average molecular weight is 461 g/mol. The Morgan fingerprint density at radius 1 is 1.28 bits per heavy atom. The minimum Gasteiger partial charge on any atom is -0.543 e. The number of ether oxygens (including phenoxy) is 2. The molecule has 3 rings (SSSR count). The number of carbonyl (C=O) groups excluding carboxylic acids is 1. The van der Waals surface area contributed by atoms with Crippen LogP contribution in [-0.4, -0.2) is 32.5 Å². The lowest BCUT2D eigenvalue weighted by Gasteiger charge is -2.37. The van der Waals surface area contributed by atoms with Gasteiger partial charge in [0.1, 0.15) is 23.7 Å². The van der Waals surface area contributed by atoms with Crippen molar-refractivity contribution in [1.29, 1.82) is 0 Å². The number of rotatable bonds is 7. The summed E-state index contributed by atoms with van der Waals surface area (Å²) >= 11 is 0. The Morgan fingerprint density at radius 3 is 2.56 bits per heavy atom. The average Bonchev–Trinajstić information content (AvgIpc) is 3.27. The standard InChI is InChI=1S/C25H36O6Si/c1-15-19-14-30-24(28)21(19)23(31-32(6,7)25(2,3)4)18(22(15)29-5)12-11-16-9-8-10-17(16)13-20(26)27/h11,17H,8-10,12-14H2,1-7H3,(H,26,27). The number of hydrogen-bond acceptors (Lipinski definition) is 5. The van der Waals surface area contributed by atoms with Gasteiger partial charge in [-0.3, -0.25) is 4.79 Å². The monoisotopic (exact) mass is 460 g/mol. The molecule has 1 aromatic carbocycles. The SMILES string of the molecule is COc1c(C)c2c(c(O[Si](C)(C)C(C)(C)C)c1CC=C1CCCC1CC(=O)O)C(=O)OC2. The minimum absolute atomic E-state index is 0.0473. The fraction of sp³-hybridized carbons (Fsp3) is 0.600. The van der Waals surface area contributed by atoms with Crippen LogP contribution in [0.1, 0.15) is 73.5 Å². The summed E-state index contributed by atoms with van der Waals surface area (Å²) in [4.78, 5) is 24.0. The van der Waals surface area contributed by atoms with Gasteiger partial charge in [0.15, 0.2) is 0 Å². The van der Waals surface area contributed by atoms with E-state index in [0.29, 0.717) is 17.7 Å². The number of benzene rings is 1. The molecular weight excluding hydrogens is 424 g/mol.